The van der Waals surface area contributed by atoms with E-state index in [0.717, 1.165) is 39.7 Å². The zero-order valence-corrected chi connectivity index (χ0v) is 19.3. The van der Waals surface area contributed by atoms with Crippen molar-refractivity contribution in [2.24, 2.45) is 5.92 Å². The summed E-state index contributed by atoms with van der Waals surface area (Å²) in [5.41, 5.74) is 5.08. The molecule has 2 aromatic heterocycles. The van der Waals surface area contributed by atoms with E-state index >= 15 is 0 Å². The zero-order valence-electron chi connectivity index (χ0n) is 18.5. The minimum Gasteiger partial charge on any atom is -0.265 e. The van der Waals surface area contributed by atoms with Gasteiger partial charge in [-0.05, 0) is 80.1 Å². The molecule has 0 spiro atoms. The number of benzene rings is 1. The molecule has 2 atom stereocenters. The van der Waals surface area contributed by atoms with Crippen LogP contribution in [0.2, 0.25) is 0 Å². The van der Waals surface area contributed by atoms with Gasteiger partial charge in [-0.15, -0.1) is 0 Å². The van der Waals surface area contributed by atoms with Gasteiger partial charge in [0.15, 0.2) is 0 Å². The molecular formula is C25H31N3OS. The second-order valence-electron chi connectivity index (χ2n) is 8.99. The van der Waals surface area contributed by atoms with Crippen LogP contribution in [0.15, 0.2) is 55.4 Å². The minimum absolute atomic E-state index is 0.0898. The highest BCUT2D eigenvalue weighted by Gasteiger charge is 2.25. The Morgan fingerprint density at radius 3 is 2.40 bits per heavy atom. The molecule has 0 bridgehead atoms. The molecule has 30 heavy (non-hydrogen) atoms. The number of hydrogen-bond acceptors (Lipinski definition) is 3. The van der Waals surface area contributed by atoms with Crippen LogP contribution < -0.4 is 4.72 Å². The van der Waals surface area contributed by atoms with Gasteiger partial charge in [-0.25, -0.2) is 8.93 Å². The Hall–Kier alpha value is -2.37. The number of aromatic nitrogens is 2. The summed E-state index contributed by atoms with van der Waals surface area (Å²) in [6.07, 6.45) is 6.32. The van der Waals surface area contributed by atoms with Crippen LogP contribution in [-0.2, 0) is 11.0 Å². The smallest absolute Gasteiger partial charge is 0.0976 e. The lowest BCUT2D eigenvalue weighted by Gasteiger charge is -2.25. The maximum Gasteiger partial charge on any atom is 0.0976 e. The van der Waals surface area contributed by atoms with Crippen LogP contribution in [0.5, 0.6) is 0 Å². The van der Waals surface area contributed by atoms with Gasteiger partial charge in [0.2, 0.25) is 0 Å². The fourth-order valence-corrected chi connectivity index (χ4v) is 4.18. The summed E-state index contributed by atoms with van der Waals surface area (Å²) in [6, 6.07) is 12.3. The highest BCUT2D eigenvalue weighted by atomic mass is 32.2. The topological polar surface area (TPSA) is 54.9 Å². The van der Waals surface area contributed by atoms with Gasteiger partial charge in [0.25, 0.3) is 0 Å². The fraction of sp³-hybridized carbons (Fsp3) is 0.360. The van der Waals surface area contributed by atoms with E-state index in [-0.39, 0.29) is 10.8 Å². The van der Waals surface area contributed by atoms with Crippen LogP contribution in [0, 0.1) is 5.92 Å². The molecule has 2 heterocycles. The monoisotopic (exact) mass is 421 g/mol. The van der Waals surface area contributed by atoms with Gasteiger partial charge in [-0.2, -0.15) is 0 Å². The molecule has 2 unspecified atom stereocenters. The van der Waals surface area contributed by atoms with Crippen LogP contribution in [0.1, 0.15) is 58.3 Å². The van der Waals surface area contributed by atoms with Crippen molar-refractivity contribution in [3.05, 3.63) is 66.6 Å². The fourth-order valence-electron chi connectivity index (χ4n) is 3.35. The molecule has 1 N–H and O–H groups in total. The Kier molecular flexibility index (Phi) is 6.84. The van der Waals surface area contributed by atoms with Gasteiger partial charge in [0, 0.05) is 17.8 Å². The van der Waals surface area contributed by atoms with Crippen molar-refractivity contribution in [3.8, 4) is 11.1 Å². The summed E-state index contributed by atoms with van der Waals surface area (Å²) in [7, 11) is -1.18. The maximum absolute atomic E-state index is 12.8. The summed E-state index contributed by atoms with van der Waals surface area (Å²) >= 11 is 0. The molecule has 0 saturated heterocycles. The summed E-state index contributed by atoms with van der Waals surface area (Å²) in [6.45, 7) is 14.3. The van der Waals surface area contributed by atoms with Gasteiger partial charge >= 0.3 is 0 Å². The molecule has 3 aromatic rings. The van der Waals surface area contributed by atoms with Crippen molar-refractivity contribution in [2.75, 3.05) is 0 Å². The molecule has 0 amide bonds. The molecule has 0 radical (unpaired) electrons. The molecule has 5 heteroatoms. The van der Waals surface area contributed by atoms with Crippen molar-refractivity contribution >= 4 is 28.0 Å². The molecule has 0 aliphatic heterocycles. The third-order valence-electron chi connectivity index (χ3n) is 4.96. The first-order valence-electron chi connectivity index (χ1n) is 10.3. The number of rotatable bonds is 7. The first kappa shape index (κ1) is 22.3. The van der Waals surface area contributed by atoms with Crippen LogP contribution >= 0.6 is 0 Å². The second-order valence-corrected chi connectivity index (χ2v) is 11.0. The van der Waals surface area contributed by atoms with Gasteiger partial charge in [-0.3, -0.25) is 9.97 Å². The minimum atomic E-state index is -1.18. The van der Waals surface area contributed by atoms with Gasteiger partial charge < -0.3 is 0 Å². The molecule has 3 rings (SSSR count). The van der Waals surface area contributed by atoms with Crippen LogP contribution in [0.3, 0.4) is 0 Å². The molecule has 0 fully saturated rings. The quantitative estimate of drug-likeness (QED) is 0.503. The Morgan fingerprint density at radius 1 is 1.10 bits per heavy atom. The SMILES string of the molecule is C=Cc1cc(C(CC(C)C)NS(=O)C(C)(C)C)nc2ccc(-c3ccncc3)cc12. The maximum atomic E-state index is 12.8. The molecule has 0 aliphatic carbocycles. The number of nitrogens with one attached hydrogen (secondary N) is 1. The lowest BCUT2D eigenvalue weighted by molar-refractivity contribution is 0.473. The average Bonchev–Trinajstić information content (AvgIpc) is 2.71. The van der Waals surface area contributed by atoms with E-state index in [0.29, 0.717) is 5.92 Å². The molecule has 0 aliphatic rings. The van der Waals surface area contributed by atoms with E-state index in [2.05, 4.69) is 54.4 Å². The molecule has 158 valence electrons. The van der Waals surface area contributed by atoms with Crippen molar-refractivity contribution in [1.82, 2.24) is 14.7 Å². The average molecular weight is 422 g/mol. The molecule has 4 nitrogen and oxygen atoms in total. The summed E-state index contributed by atoms with van der Waals surface area (Å²) < 4.78 is 15.8. The Morgan fingerprint density at radius 2 is 1.80 bits per heavy atom. The van der Waals surface area contributed by atoms with Gasteiger partial charge in [0.05, 0.1) is 33.0 Å². The van der Waals surface area contributed by atoms with Crippen molar-refractivity contribution < 1.29 is 4.21 Å². The first-order valence-corrected chi connectivity index (χ1v) is 11.5. The van der Waals surface area contributed by atoms with E-state index in [4.69, 9.17) is 4.98 Å². The third-order valence-corrected chi connectivity index (χ3v) is 6.57. The number of fused-ring (bicyclic) bond motifs is 1. The Balaban J connectivity index is 2.06. The van der Waals surface area contributed by atoms with E-state index in [1.54, 1.807) is 12.4 Å². The number of nitrogens with zero attached hydrogens (tertiary/aromatic N) is 2. The van der Waals surface area contributed by atoms with Crippen molar-refractivity contribution in [2.45, 2.75) is 51.8 Å². The van der Waals surface area contributed by atoms with Crippen LogP contribution in [-0.4, -0.2) is 18.9 Å². The normalized spacial score (nSPS) is 14.1. The highest BCUT2D eigenvalue weighted by molar-refractivity contribution is 7.84. The van der Waals surface area contributed by atoms with E-state index < -0.39 is 11.0 Å². The van der Waals surface area contributed by atoms with Gasteiger partial charge in [-0.1, -0.05) is 32.6 Å². The molecular weight excluding hydrogens is 390 g/mol. The third kappa shape index (κ3) is 5.21. The van der Waals surface area contributed by atoms with Crippen molar-refractivity contribution in [1.29, 1.82) is 0 Å². The summed E-state index contributed by atoms with van der Waals surface area (Å²) in [5.74, 6) is 0.443. The lowest BCUT2D eigenvalue weighted by atomic mass is 9.97. The van der Waals surface area contributed by atoms with Crippen LogP contribution in [0.25, 0.3) is 28.1 Å². The van der Waals surface area contributed by atoms with Crippen molar-refractivity contribution in [3.63, 3.8) is 0 Å². The second kappa shape index (κ2) is 9.19. The number of pyridine rings is 2. The van der Waals surface area contributed by atoms with Crippen LogP contribution in [0.4, 0.5) is 0 Å². The van der Waals surface area contributed by atoms with E-state index in [1.165, 1.54) is 0 Å². The first-order chi connectivity index (χ1) is 14.2. The predicted octanol–water partition coefficient (Wildman–Crippen LogP) is 6.08. The van der Waals surface area contributed by atoms with E-state index in [9.17, 15) is 4.21 Å². The predicted molar refractivity (Wildman–Crippen MR) is 128 cm³/mol. The van der Waals surface area contributed by atoms with Gasteiger partial charge in [0.1, 0.15) is 0 Å². The highest BCUT2D eigenvalue weighted by Crippen LogP contribution is 2.30. The molecule has 1 aromatic carbocycles. The Bertz CT molecular complexity index is 1060. The zero-order chi connectivity index (χ0) is 21.9. The largest absolute Gasteiger partial charge is 0.265 e. The standard InChI is InChI=1S/C25H31N3OS/c1-7-18-16-23(24(14-17(2)3)28-30(29)25(4,5)6)27-22-9-8-20(15-21(18)22)19-10-12-26-13-11-19/h7-13,15-17,24,28H,1,14H2,2-6H3. The Labute approximate surface area is 182 Å². The van der Waals surface area contributed by atoms with E-state index in [1.807, 2.05) is 39.0 Å². The molecule has 0 saturated carbocycles. The number of hydrogen-bond donors (Lipinski definition) is 1. The summed E-state index contributed by atoms with van der Waals surface area (Å²) in [4.78, 5) is 9.05. The summed E-state index contributed by atoms with van der Waals surface area (Å²) in [5, 5.41) is 1.06. The lowest BCUT2D eigenvalue weighted by Crippen LogP contribution is -2.36.